The maximum absolute atomic E-state index is 12.7. The lowest BCUT2D eigenvalue weighted by Crippen LogP contribution is -2.20. The molecule has 5 heteroatoms. The number of carbonyl (C=O) groups excluding carboxylic acids is 2. The molecule has 0 radical (unpaired) electrons. The van der Waals surface area contributed by atoms with Crippen molar-refractivity contribution in [3.05, 3.63) is 0 Å². The molecular weight excluding hydrogens is 558 g/mol. The van der Waals surface area contributed by atoms with Gasteiger partial charge in [0.15, 0.2) is 0 Å². The van der Waals surface area contributed by atoms with Crippen molar-refractivity contribution in [3.8, 4) is 0 Å². The van der Waals surface area contributed by atoms with Crippen molar-refractivity contribution in [1.82, 2.24) is 4.90 Å². The SMILES string of the molecule is CCCCCCCCCC(CCCCCCCC(=O)OC(CCCCCCC)CCCCCCCC)OC(=O)CCCN(C)C. The summed E-state index contributed by atoms with van der Waals surface area (Å²) < 4.78 is 12.0. The van der Waals surface area contributed by atoms with Gasteiger partial charge in [0.25, 0.3) is 0 Å². The first-order chi connectivity index (χ1) is 21.9. The van der Waals surface area contributed by atoms with Crippen LogP contribution in [-0.4, -0.2) is 49.7 Å². The summed E-state index contributed by atoms with van der Waals surface area (Å²) in [5.41, 5.74) is 0. The van der Waals surface area contributed by atoms with Crippen molar-refractivity contribution in [3.63, 3.8) is 0 Å². The van der Waals surface area contributed by atoms with E-state index in [1.54, 1.807) is 0 Å². The Balaban J connectivity index is 4.34. The molecule has 0 aliphatic carbocycles. The van der Waals surface area contributed by atoms with E-state index in [1.165, 1.54) is 109 Å². The lowest BCUT2D eigenvalue weighted by Gasteiger charge is -2.19. The van der Waals surface area contributed by atoms with Crippen molar-refractivity contribution < 1.29 is 19.1 Å². The van der Waals surface area contributed by atoms with Crippen LogP contribution in [0.1, 0.15) is 213 Å². The van der Waals surface area contributed by atoms with Gasteiger partial charge in [0, 0.05) is 12.8 Å². The van der Waals surface area contributed by atoms with Crippen LogP contribution in [-0.2, 0) is 19.1 Å². The van der Waals surface area contributed by atoms with Gasteiger partial charge in [-0.2, -0.15) is 0 Å². The summed E-state index contributed by atoms with van der Waals surface area (Å²) in [7, 11) is 4.09. The standard InChI is InChI=1S/C40H79NO4/c1-6-9-12-15-17-21-26-32-38(45-40(43)35-29-36-41(4)5)33-27-22-18-23-28-34-39(42)44-37(30-24-19-14-11-8-3)31-25-20-16-13-10-7-2/h37-38H,6-36H2,1-5H3. The zero-order valence-corrected chi connectivity index (χ0v) is 31.2. The van der Waals surface area contributed by atoms with Gasteiger partial charge in [0.05, 0.1) is 0 Å². The van der Waals surface area contributed by atoms with Crippen molar-refractivity contribution >= 4 is 11.9 Å². The molecule has 0 bridgehead atoms. The summed E-state index contributed by atoms with van der Waals surface area (Å²) in [4.78, 5) is 27.3. The second kappa shape index (κ2) is 34.2. The molecule has 2 unspecified atom stereocenters. The highest BCUT2D eigenvalue weighted by molar-refractivity contribution is 5.69. The van der Waals surface area contributed by atoms with Gasteiger partial charge < -0.3 is 14.4 Å². The van der Waals surface area contributed by atoms with Crippen molar-refractivity contribution in [2.45, 2.75) is 226 Å². The molecule has 0 N–H and O–H groups in total. The number of carbonyl (C=O) groups is 2. The predicted octanol–water partition coefficient (Wildman–Crippen LogP) is 12.1. The zero-order valence-electron chi connectivity index (χ0n) is 31.2. The first kappa shape index (κ1) is 43.9. The highest BCUT2D eigenvalue weighted by Gasteiger charge is 2.16. The van der Waals surface area contributed by atoms with E-state index >= 15 is 0 Å². The van der Waals surface area contributed by atoms with E-state index in [4.69, 9.17) is 9.47 Å². The van der Waals surface area contributed by atoms with E-state index in [-0.39, 0.29) is 24.1 Å². The zero-order chi connectivity index (χ0) is 33.2. The maximum atomic E-state index is 12.7. The molecule has 0 saturated carbocycles. The van der Waals surface area contributed by atoms with E-state index in [0.29, 0.717) is 12.8 Å². The minimum atomic E-state index is -0.0286. The number of esters is 2. The Morgan fingerprint density at radius 1 is 0.422 bits per heavy atom. The quantitative estimate of drug-likeness (QED) is 0.0511. The summed E-state index contributed by atoms with van der Waals surface area (Å²) in [6, 6.07) is 0. The fourth-order valence-corrected chi connectivity index (χ4v) is 6.18. The van der Waals surface area contributed by atoms with E-state index in [9.17, 15) is 9.59 Å². The molecule has 0 aliphatic heterocycles. The Morgan fingerprint density at radius 2 is 0.711 bits per heavy atom. The minimum Gasteiger partial charge on any atom is -0.462 e. The van der Waals surface area contributed by atoms with Gasteiger partial charge in [-0.3, -0.25) is 9.59 Å². The third-order valence-corrected chi connectivity index (χ3v) is 9.13. The fourth-order valence-electron chi connectivity index (χ4n) is 6.18. The van der Waals surface area contributed by atoms with Crippen LogP contribution in [0.15, 0.2) is 0 Å². The second-order valence-corrected chi connectivity index (χ2v) is 14.1. The van der Waals surface area contributed by atoms with E-state index in [1.807, 2.05) is 14.1 Å². The molecule has 0 aromatic heterocycles. The largest absolute Gasteiger partial charge is 0.462 e. The molecule has 0 aromatic carbocycles. The van der Waals surface area contributed by atoms with Crippen LogP contribution in [0.4, 0.5) is 0 Å². The molecule has 5 nitrogen and oxygen atoms in total. The molecule has 0 rings (SSSR count). The van der Waals surface area contributed by atoms with Gasteiger partial charge >= 0.3 is 11.9 Å². The molecule has 268 valence electrons. The monoisotopic (exact) mass is 638 g/mol. The van der Waals surface area contributed by atoms with Gasteiger partial charge in [-0.25, -0.2) is 0 Å². The van der Waals surface area contributed by atoms with Gasteiger partial charge in [-0.15, -0.1) is 0 Å². The van der Waals surface area contributed by atoms with Crippen LogP contribution in [0.5, 0.6) is 0 Å². The first-order valence-corrected chi connectivity index (χ1v) is 20.0. The Kier molecular flexibility index (Phi) is 33.4. The topological polar surface area (TPSA) is 55.8 Å². The molecule has 0 aromatic rings. The highest BCUT2D eigenvalue weighted by atomic mass is 16.5. The molecule has 0 aliphatic rings. The van der Waals surface area contributed by atoms with Crippen LogP contribution < -0.4 is 0 Å². The Bertz CT molecular complexity index is 638. The molecule has 0 amide bonds. The third kappa shape index (κ3) is 32.6. The minimum absolute atomic E-state index is 0.00970. The summed E-state index contributed by atoms with van der Waals surface area (Å²) in [5.74, 6) is -0.0189. The van der Waals surface area contributed by atoms with E-state index < -0.39 is 0 Å². The fraction of sp³-hybridized carbons (Fsp3) is 0.950. The highest BCUT2D eigenvalue weighted by Crippen LogP contribution is 2.20. The van der Waals surface area contributed by atoms with Crippen LogP contribution in [0.25, 0.3) is 0 Å². The third-order valence-electron chi connectivity index (χ3n) is 9.13. The average molecular weight is 638 g/mol. The normalized spacial score (nSPS) is 12.8. The summed E-state index contributed by atoms with van der Waals surface area (Å²) in [6.45, 7) is 7.70. The molecule has 0 heterocycles. The number of unbranched alkanes of at least 4 members (excludes halogenated alkanes) is 19. The number of hydrogen-bond donors (Lipinski definition) is 0. The van der Waals surface area contributed by atoms with Gasteiger partial charge in [0.1, 0.15) is 12.2 Å². The lowest BCUT2D eigenvalue weighted by atomic mass is 10.0. The number of rotatable bonds is 35. The smallest absolute Gasteiger partial charge is 0.306 e. The predicted molar refractivity (Wildman–Crippen MR) is 194 cm³/mol. The number of hydrogen-bond acceptors (Lipinski definition) is 5. The Morgan fingerprint density at radius 3 is 1.04 bits per heavy atom. The second-order valence-electron chi connectivity index (χ2n) is 14.1. The first-order valence-electron chi connectivity index (χ1n) is 20.0. The molecule has 0 fully saturated rings. The van der Waals surface area contributed by atoms with Crippen LogP contribution in [0.2, 0.25) is 0 Å². The lowest BCUT2D eigenvalue weighted by molar-refractivity contribution is -0.151. The van der Waals surface area contributed by atoms with Crippen molar-refractivity contribution in [2.24, 2.45) is 0 Å². The van der Waals surface area contributed by atoms with Gasteiger partial charge in [0.2, 0.25) is 0 Å². The number of nitrogens with zero attached hydrogens (tertiary/aromatic N) is 1. The summed E-state index contributed by atoms with van der Waals surface area (Å²) >= 11 is 0. The van der Waals surface area contributed by atoms with E-state index in [2.05, 4.69) is 25.7 Å². The Hall–Kier alpha value is -1.10. The van der Waals surface area contributed by atoms with Gasteiger partial charge in [-0.05, 0) is 84.8 Å². The van der Waals surface area contributed by atoms with Crippen LogP contribution in [0.3, 0.4) is 0 Å². The van der Waals surface area contributed by atoms with Crippen LogP contribution >= 0.6 is 0 Å². The average Bonchev–Trinajstić information content (AvgIpc) is 3.01. The summed E-state index contributed by atoms with van der Waals surface area (Å²) in [5, 5.41) is 0. The summed E-state index contributed by atoms with van der Waals surface area (Å²) in [6.07, 6.45) is 34.5. The van der Waals surface area contributed by atoms with Gasteiger partial charge in [-0.1, -0.05) is 136 Å². The molecule has 45 heavy (non-hydrogen) atoms. The molecular formula is C40H79NO4. The van der Waals surface area contributed by atoms with Crippen molar-refractivity contribution in [2.75, 3.05) is 20.6 Å². The van der Waals surface area contributed by atoms with Crippen LogP contribution in [0, 0.1) is 0 Å². The molecule has 0 spiro atoms. The maximum Gasteiger partial charge on any atom is 0.306 e. The van der Waals surface area contributed by atoms with Crippen molar-refractivity contribution in [1.29, 1.82) is 0 Å². The molecule has 2 atom stereocenters. The number of ether oxygens (including phenoxy) is 2. The Labute approximate surface area is 281 Å². The van der Waals surface area contributed by atoms with E-state index in [0.717, 1.165) is 77.2 Å². The molecule has 0 saturated heterocycles.